The van der Waals surface area contributed by atoms with Crippen LogP contribution in [0.5, 0.6) is 0 Å². The number of rotatable bonds is 3. The molecule has 1 aliphatic rings. The van der Waals surface area contributed by atoms with Crippen LogP contribution in [0.25, 0.3) is 0 Å². The van der Waals surface area contributed by atoms with Crippen molar-refractivity contribution in [1.82, 2.24) is 25.0 Å². The molecular weight excluding hydrogens is 290 g/mol. The Bertz CT molecular complexity index is 646. The molecular formula is C17H23N5O. The summed E-state index contributed by atoms with van der Waals surface area (Å²) in [5.74, 6) is 1.31. The first-order valence-electron chi connectivity index (χ1n) is 8.09. The number of carbonyl (C=O) groups is 1. The Labute approximate surface area is 136 Å². The lowest BCUT2D eigenvalue weighted by Crippen LogP contribution is -2.45. The number of hydrogen-bond acceptors (Lipinski definition) is 3. The zero-order valence-corrected chi connectivity index (χ0v) is 13.6. The van der Waals surface area contributed by atoms with Crippen molar-refractivity contribution in [3.63, 3.8) is 0 Å². The fourth-order valence-corrected chi connectivity index (χ4v) is 3.17. The van der Waals surface area contributed by atoms with Gasteiger partial charge >= 0.3 is 6.03 Å². The minimum absolute atomic E-state index is 0.0213. The summed E-state index contributed by atoms with van der Waals surface area (Å²) >= 11 is 0. The van der Waals surface area contributed by atoms with E-state index in [0.717, 1.165) is 31.8 Å². The third-order valence-electron chi connectivity index (χ3n) is 4.53. The van der Waals surface area contributed by atoms with Gasteiger partial charge in [-0.2, -0.15) is 0 Å². The first-order chi connectivity index (χ1) is 11.1. The van der Waals surface area contributed by atoms with Gasteiger partial charge in [0.05, 0.1) is 6.04 Å². The molecule has 2 aromatic rings. The van der Waals surface area contributed by atoms with Crippen molar-refractivity contribution in [2.45, 2.75) is 31.7 Å². The molecule has 0 bridgehead atoms. The van der Waals surface area contributed by atoms with Crippen LogP contribution >= 0.6 is 0 Å². The quantitative estimate of drug-likeness (QED) is 0.947. The zero-order chi connectivity index (χ0) is 16.2. The summed E-state index contributed by atoms with van der Waals surface area (Å²) in [6, 6.07) is 10.4. The lowest BCUT2D eigenvalue weighted by Gasteiger charge is -2.33. The summed E-state index contributed by atoms with van der Waals surface area (Å²) in [7, 11) is 1.88. The Hall–Kier alpha value is -2.37. The van der Waals surface area contributed by atoms with E-state index in [9.17, 15) is 4.79 Å². The average molecular weight is 313 g/mol. The number of likely N-dealkylation sites (tertiary alicyclic amines) is 1. The van der Waals surface area contributed by atoms with E-state index in [2.05, 4.69) is 39.8 Å². The van der Waals surface area contributed by atoms with Crippen LogP contribution in [0.4, 0.5) is 4.79 Å². The molecule has 1 fully saturated rings. The molecule has 3 rings (SSSR count). The fraction of sp³-hybridized carbons (Fsp3) is 0.471. The molecule has 1 aromatic heterocycles. The Balaban J connectivity index is 1.53. The molecule has 2 amide bonds. The van der Waals surface area contributed by atoms with E-state index in [4.69, 9.17) is 0 Å². The van der Waals surface area contributed by atoms with Crippen LogP contribution in [0.3, 0.4) is 0 Å². The summed E-state index contributed by atoms with van der Waals surface area (Å²) in [6.45, 7) is 3.51. The van der Waals surface area contributed by atoms with Gasteiger partial charge in [-0.3, -0.25) is 0 Å². The molecule has 6 heteroatoms. The van der Waals surface area contributed by atoms with Crippen molar-refractivity contribution >= 4 is 6.03 Å². The molecule has 1 aliphatic heterocycles. The van der Waals surface area contributed by atoms with Gasteiger partial charge in [0.25, 0.3) is 0 Å². The maximum Gasteiger partial charge on any atom is 0.317 e. The van der Waals surface area contributed by atoms with E-state index < -0.39 is 0 Å². The molecule has 0 saturated carbocycles. The van der Waals surface area contributed by atoms with E-state index in [-0.39, 0.29) is 12.1 Å². The highest BCUT2D eigenvalue weighted by Gasteiger charge is 2.25. The van der Waals surface area contributed by atoms with Gasteiger partial charge in [0, 0.05) is 20.1 Å². The minimum atomic E-state index is -0.151. The molecule has 6 nitrogen and oxygen atoms in total. The number of hydrogen-bond donors (Lipinski definition) is 1. The molecule has 23 heavy (non-hydrogen) atoms. The van der Waals surface area contributed by atoms with E-state index in [1.54, 1.807) is 6.33 Å². The molecule has 2 heterocycles. The van der Waals surface area contributed by atoms with Crippen LogP contribution in [0.2, 0.25) is 0 Å². The third-order valence-corrected chi connectivity index (χ3v) is 4.53. The van der Waals surface area contributed by atoms with Gasteiger partial charge in [-0.05, 0) is 31.2 Å². The lowest BCUT2D eigenvalue weighted by atomic mass is 9.90. The normalized spacial score (nSPS) is 17.0. The van der Waals surface area contributed by atoms with Crippen LogP contribution in [-0.4, -0.2) is 38.8 Å². The fourth-order valence-electron chi connectivity index (χ4n) is 3.17. The van der Waals surface area contributed by atoms with Gasteiger partial charge in [0.15, 0.2) is 5.82 Å². The molecule has 0 radical (unpaired) electrons. The molecule has 122 valence electrons. The summed E-state index contributed by atoms with van der Waals surface area (Å²) < 4.78 is 1.83. The monoisotopic (exact) mass is 313 g/mol. The number of aryl methyl sites for hydroxylation is 1. The van der Waals surface area contributed by atoms with Crippen LogP contribution in [0, 0.1) is 0 Å². The standard InChI is InChI=1S/C17H23N5O/c1-13(16-20-18-12-21(16)2)19-17(23)22-10-8-15(9-11-22)14-6-4-3-5-7-14/h3-7,12-13,15H,8-11H2,1-2H3,(H,19,23)/t13-/m0/s1. The van der Waals surface area contributed by atoms with Gasteiger partial charge in [-0.15, -0.1) is 10.2 Å². The zero-order valence-electron chi connectivity index (χ0n) is 13.6. The average Bonchev–Trinajstić information content (AvgIpc) is 3.02. The van der Waals surface area contributed by atoms with Crippen molar-refractivity contribution in [2.24, 2.45) is 7.05 Å². The highest BCUT2D eigenvalue weighted by molar-refractivity contribution is 5.74. The first kappa shape index (κ1) is 15.5. The van der Waals surface area contributed by atoms with Crippen LogP contribution in [0.1, 0.15) is 43.1 Å². The van der Waals surface area contributed by atoms with Crippen LogP contribution < -0.4 is 5.32 Å². The van der Waals surface area contributed by atoms with E-state index in [1.165, 1.54) is 5.56 Å². The number of benzene rings is 1. The molecule has 1 saturated heterocycles. The number of piperidine rings is 1. The number of carbonyl (C=O) groups excluding carboxylic acids is 1. The summed E-state index contributed by atoms with van der Waals surface area (Å²) in [5, 5.41) is 10.9. The largest absolute Gasteiger partial charge is 0.328 e. The summed E-state index contributed by atoms with van der Waals surface area (Å²) in [5.41, 5.74) is 1.38. The summed E-state index contributed by atoms with van der Waals surface area (Å²) in [6.07, 6.45) is 3.66. The van der Waals surface area contributed by atoms with E-state index >= 15 is 0 Å². The van der Waals surface area contributed by atoms with Gasteiger partial charge in [0.2, 0.25) is 0 Å². The molecule has 0 spiro atoms. The molecule has 1 N–H and O–H groups in total. The number of nitrogens with zero attached hydrogens (tertiary/aromatic N) is 4. The predicted molar refractivity (Wildman–Crippen MR) is 87.9 cm³/mol. The van der Waals surface area contributed by atoms with Gasteiger partial charge in [-0.1, -0.05) is 30.3 Å². The summed E-state index contributed by atoms with van der Waals surface area (Å²) in [4.78, 5) is 14.3. The number of nitrogens with one attached hydrogen (secondary N) is 1. The van der Waals surface area contributed by atoms with Crippen LogP contribution in [0.15, 0.2) is 36.7 Å². The van der Waals surface area contributed by atoms with Gasteiger partial charge in [-0.25, -0.2) is 4.79 Å². The molecule has 0 unspecified atom stereocenters. The SMILES string of the molecule is C[C@H](NC(=O)N1CCC(c2ccccc2)CC1)c1nncn1C. The minimum Gasteiger partial charge on any atom is -0.328 e. The van der Waals surface area contributed by atoms with Gasteiger partial charge < -0.3 is 14.8 Å². The number of aromatic nitrogens is 3. The molecule has 1 atom stereocenters. The number of urea groups is 1. The Morgan fingerprint density at radius 1 is 1.26 bits per heavy atom. The van der Waals surface area contributed by atoms with Crippen molar-refractivity contribution < 1.29 is 4.79 Å². The number of amides is 2. The first-order valence-corrected chi connectivity index (χ1v) is 8.09. The maximum absolute atomic E-state index is 12.4. The predicted octanol–water partition coefficient (Wildman–Crippen LogP) is 2.47. The second-order valence-electron chi connectivity index (χ2n) is 6.14. The highest BCUT2D eigenvalue weighted by Crippen LogP contribution is 2.27. The van der Waals surface area contributed by atoms with Crippen molar-refractivity contribution in [3.05, 3.63) is 48.0 Å². The Morgan fingerprint density at radius 3 is 2.57 bits per heavy atom. The van der Waals surface area contributed by atoms with Crippen LogP contribution in [-0.2, 0) is 7.05 Å². The second kappa shape index (κ2) is 6.81. The topological polar surface area (TPSA) is 63.1 Å². The van der Waals surface area contributed by atoms with Crippen molar-refractivity contribution in [2.75, 3.05) is 13.1 Å². The Morgan fingerprint density at radius 2 is 1.96 bits per heavy atom. The second-order valence-corrected chi connectivity index (χ2v) is 6.14. The smallest absolute Gasteiger partial charge is 0.317 e. The highest BCUT2D eigenvalue weighted by atomic mass is 16.2. The van der Waals surface area contributed by atoms with E-state index in [1.807, 2.05) is 29.5 Å². The molecule has 0 aliphatic carbocycles. The Kier molecular flexibility index (Phi) is 4.60. The lowest BCUT2D eigenvalue weighted by molar-refractivity contribution is 0.178. The maximum atomic E-state index is 12.4. The van der Waals surface area contributed by atoms with Crippen molar-refractivity contribution in [1.29, 1.82) is 0 Å². The van der Waals surface area contributed by atoms with E-state index in [0.29, 0.717) is 5.92 Å². The third kappa shape index (κ3) is 3.52. The molecule has 1 aromatic carbocycles. The van der Waals surface area contributed by atoms with Gasteiger partial charge in [0.1, 0.15) is 6.33 Å². The van der Waals surface area contributed by atoms with Crippen molar-refractivity contribution in [3.8, 4) is 0 Å².